The second-order valence-corrected chi connectivity index (χ2v) is 9.60. The first-order chi connectivity index (χ1) is 17.6. The zero-order chi connectivity index (χ0) is 27.1. The number of amides is 1. The monoisotopic (exact) mass is 510 g/mol. The highest BCUT2D eigenvalue weighted by Crippen LogP contribution is 2.57. The smallest absolute Gasteiger partial charge is 0.252 e. The molecule has 0 aliphatic carbocycles. The SMILES string of the molecule is COc1c(C)c(O)c2c(c1O)[C@H]1C3=Cc4c(C)c(C)c(OC)c(OC)c4[C@H](CO)N3C(=O)[C@H](C2=O)N1C. The third-order valence-corrected chi connectivity index (χ3v) is 8.06. The molecule has 5 rings (SSSR count). The van der Waals surface area contributed by atoms with E-state index in [4.69, 9.17) is 14.2 Å². The Labute approximate surface area is 214 Å². The molecule has 37 heavy (non-hydrogen) atoms. The molecule has 3 heterocycles. The van der Waals surface area contributed by atoms with Crippen molar-refractivity contribution in [2.45, 2.75) is 38.9 Å². The average Bonchev–Trinajstić information content (AvgIpc) is 2.87. The van der Waals surface area contributed by atoms with Gasteiger partial charge >= 0.3 is 0 Å². The summed E-state index contributed by atoms with van der Waals surface area (Å²) >= 11 is 0. The number of nitrogens with zero attached hydrogens (tertiary/aromatic N) is 2. The summed E-state index contributed by atoms with van der Waals surface area (Å²) < 4.78 is 16.7. The van der Waals surface area contributed by atoms with Gasteiger partial charge in [-0.2, -0.15) is 0 Å². The summed E-state index contributed by atoms with van der Waals surface area (Å²) in [5.74, 6) is -0.837. The summed E-state index contributed by atoms with van der Waals surface area (Å²) in [4.78, 5) is 30.6. The lowest BCUT2D eigenvalue weighted by Crippen LogP contribution is -2.62. The van der Waals surface area contributed by atoms with E-state index >= 15 is 0 Å². The van der Waals surface area contributed by atoms with Crippen molar-refractivity contribution < 1.29 is 39.1 Å². The van der Waals surface area contributed by atoms with Gasteiger partial charge in [0.1, 0.15) is 5.75 Å². The van der Waals surface area contributed by atoms with Gasteiger partial charge in [0.2, 0.25) is 0 Å². The molecule has 1 saturated heterocycles. The van der Waals surface area contributed by atoms with Crippen molar-refractivity contribution in [1.29, 1.82) is 0 Å². The van der Waals surface area contributed by atoms with E-state index < -0.39 is 36.4 Å². The molecule has 2 aromatic carbocycles. The van der Waals surface area contributed by atoms with Crippen LogP contribution < -0.4 is 14.2 Å². The number of ether oxygens (including phenoxy) is 3. The van der Waals surface area contributed by atoms with Gasteiger partial charge in [0.05, 0.1) is 45.6 Å². The molecule has 2 aromatic rings. The van der Waals surface area contributed by atoms with Crippen LogP contribution in [0.15, 0.2) is 5.70 Å². The lowest BCUT2D eigenvalue weighted by Gasteiger charge is -2.52. The Morgan fingerprint density at radius 3 is 2.03 bits per heavy atom. The van der Waals surface area contributed by atoms with Gasteiger partial charge in [0.25, 0.3) is 5.91 Å². The van der Waals surface area contributed by atoms with Crippen LogP contribution in [0.5, 0.6) is 28.7 Å². The minimum absolute atomic E-state index is 0.0494. The number of carbonyl (C=O) groups is 2. The van der Waals surface area contributed by atoms with E-state index in [1.54, 1.807) is 11.9 Å². The summed E-state index contributed by atoms with van der Waals surface area (Å²) in [5, 5.41) is 32.9. The highest BCUT2D eigenvalue weighted by atomic mass is 16.5. The first-order valence-corrected chi connectivity index (χ1v) is 11.9. The van der Waals surface area contributed by atoms with Gasteiger partial charge in [-0.1, -0.05) is 0 Å². The summed E-state index contributed by atoms with van der Waals surface area (Å²) in [6, 6.07) is -2.92. The van der Waals surface area contributed by atoms with Crippen LogP contribution in [0.1, 0.15) is 55.8 Å². The van der Waals surface area contributed by atoms with Crippen molar-refractivity contribution in [3.63, 3.8) is 0 Å². The Bertz CT molecular complexity index is 1410. The number of phenolic OH excluding ortho intramolecular Hbond substituents is 2. The number of aliphatic hydroxyl groups is 1. The Morgan fingerprint density at radius 1 is 0.838 bits per heavy atom. The fraction of sp³-hybridized carbons (Fsp3) is 0.407. The Morgan fingerprint density at radius 2 is 1.46 bits per heavy atom. The maximum absolute atomic E-state index is 14.0. The van der Waals surface area contributed by atoms with Crippen LogP contribution in [-0.4, -0.2) is 77.8 Å². The van der Waals surface area contributed by atoms with Crippen LogP contribution in [0.2, 0.25) is 0 Å². The van der Waals surface area contributed by atoms with Gasteiger partial charge in [-0.25, -0.2) is 0 Å². The van der Waals surface area contributed by atoms with Gasteiger partial charge in [0.15, 0.2) is 34.8 Å². The molecular weight excluding hydrogens is 480 g/mol. The van der Waals surface area contributed by atoms with Crippen LogP contribution in [0.3, 0.4) is 0 Å². The molecule has 3 atom stereocenters. The zero-order valence-electron chi connectivity index (χ0n) is 21.8. The average molecular weight is 511 g/mol. The van der Waals surface area contributed by atoms with E-state index in [1.165, 1.54) is 33.2 Å². The number of hydrogen-bond acceptors (Lipinski definition) is 9. The Balaban J connectivity index is 1.90. The number of likely N-dealkylation sites (N-methyl/N-ethyl adjacent to an activating group) is 1. The molecule has 0 aromatic heterocycles. The third kappa shape index (κ3) is 2.93. The fourth-order valence-electron chi connectivity index (χ4n) is 6.20. The molecule has 0 radical (unpaired) electrons. The van der Waals surface area contributed by atoms with E-state index in [1.807, 2.05) is 19.9 Å². The molecular formula is C27H30N2O8. The van der Waals surface area contributed by atoms with Crippen molar-refractivity contribution in [3.8, 4) is 28.7 Å². The number of hydrogen-bond donors (Lipinski definition) is 3. The minimum atomic E-state index is -1.26. The summed E-state index contributed by atoms with van der Waals surface area (Å²) in [7, 11) is 6.02. The van der Waals surface area contributed by atoms with Gasteiger partial charge in [0, 0.05) is 22.4 Å². The number of piperazine rings is 1. The van der Waals surface area contributed by atoms with Crippen LogP contribution in [0, 0.1) is 20.8 Å². The van der Waals surface area contributed by atoms with E-state index in [-0.39, 0.29) is 33.9 Å². The molecule has 0 spiro atoms. The summed E-state index contributed by atoms with van der Waals surface area (Å²) in [6.07, 6.45) is 1.82. The minimum Gasteiger partial charge on any atom is -0.507 e. The van der Waals surface area contributed by atoms with Gasteiger partial charge in [-0.05, 0) is 50.6 Å². The molecule has 2 bridgehead atoms. The molecule has 0 saturated carbocycles. The molecule has 196 valence electrons. The Kier molecular flexibility index (Phi) is 5.65. The third-order valence-electron chi connectivity index (χ3n) is 8.06. The van der Waals surface area contributed by atoms with Gasteiger partial charge in [-0.15, -0.1) is 0 Å². The number of fused-ring (bicyclic) bond motifs is 7. The quantitative estimate of drug-likeness (QED) is 0.420. The molecule has 1 amide bonds. The highest BCUT2D eigenvalue weighted by Gasteiger charge is 2.56. The second kappa shape index (κ2) is 8.39. The molecule has 3 aliphatic rings. The highest BCUT2D eigenvalue weighted by molar-refractivity contribution is 6.18. The van der Waals surface area contributed by atoms with Crippen LogP contribution in [0.4, 0.5) is 0 Å². The second-order valence-electron chi connectivity index (χ2n) is 9.60. The maximum atomic E-state index is 14.0. The standard InChI is InChI=1S/C27H30N2O8/c1-10-11(2)25(36-6)26(37-7)16-13(10)8-14-19-17-18(21(31)12(3)24(35-5)23(17)33)22(32)20(28(19)4)27(34)29(14)15(16)9-30/h8,15,19-20,30-31,33H,9H2,1-7H3/t15-,19+,20-/m0/s1. The first kappa shape index (κ1) is 24.9. The normalized spacial score (nSPS) is 22.2. The number of aromatic hydroxyl groups is 2. The number of benzene rings is 2. The van der Waals surface area contributed by atoms with Gasteiger partial charge < -0.3 is 34.4 Å². The van der Waals surface area contributed by atoms with E-state index in [0.29, 0.717) is 22.8 Å². The zero-order valence-corrected chi connectivity index (χ0v) is 21.8. The van der Waals surface area contributed by atoms with Crippen LogP contribution >= 0.6 is 0 Å². The number of Topliss-reactive ketones (excluding diaryl/α,β-unsaturated/α-hetero) is 1. The largest absolute Gasteiger partial charge is 0.507 e. The molecule has 0 unspecified atom stereocenters. The van der Waals surface area contributed by atoms with E-state index in [9.17, 15) is 24.9 Å². The van der Waals surface area contributed by atoms with Crippen LogP contribution in [0.25, 0.3) is 6.08 Å². The first-order valence-electron chi connectivity index (χ1n) is 11.9. The predicted octanol–water partition coefficient (Wildman–Crippen LogP) is 2.52. The van der Waals surface area contributed by atoms with Crippen molar-refractivity contribution in [1.82, 2.24) is 9.80 Å². The van der Waals surface area contributed by atoms with Gasteiger partial charge in [-0.3, -0.25) is 14.5 Å². The molecule has 3 aliphatic heterocycles. The molecule has 3 N–H and O–H groups in total. The number of ketones is 1. The van der Waals surface area contributed by atoms with Crippen molar-refractivity contribution in [2.75, 3.05) is 35.0 Å². The molecule has 10 heteroatoms. The molecule has 10 nitrogen and oxygen atoms in total. The predicted molar refractivity (Wildman–Crippen MR) is 133 cm³/mol. The van der Waals surface area contributed by atoms with E-state index in [2.05, 4.69) is 0 Å². The lowest BCUT2D eigenvalue weighted by molar-refractivity contribution is -0.141. The lowest BCUT2D eigenvalue weighted by atomic mass is 9.76. The fourth-order valence-corrected chi connectivity index (χ4v) is 6.20. The molecule has 1 fully saturated rings. The van der Waals surface area contributed by atoms with Crippen molar-refractivity contribution in [2.24, 2.45) is 0 Å². The maximum Gasteiger partial charge on any atom is 0.252 e. The number of rotatable bonds is 4. The topological polar surface area (TPSA) is 129 Å². The number of phenols is 2. The number of aliphatic hydroxyl groups excluding tert-OH is 1. The summed E-state index contributed by atoms with van der Waals surface area (Å²) in [5.41, 5.74) is 3.76. The number of carbonyl (C=O) groups excluding carboxylic acids is 2. The Hall–Kier alpha value is -3.76. The van der Waals surface area contributed by atoms with Crippen LogP contribution in [-0.2, 0) is 4.79 Å². The van der Waals surface area contributed by atoms with E-state index in [0.717, 1.165) is 16.7 Å². The summed E-state index contributed by atoms with van der Waals surface area (Å²) in [6.45, 7) is 4.91. The number of methoxy groups -OCH3 is 3. The van der Waals surface area contributed by atoms with Crippen molar-refractivity contribution in [3.05, 3.63) is 44.6 Å². The van der Waals surface area contributed by atoms with Crippen molar-refractivity contribution >= 4 is 17.8 Å².